The second-order valence-electron chi connectivity index (χ2n) is 4.14. The van der Waals surface area contributed by atoms with Gasteiger partial charge in [-0.1, -0.05) is 24.6 Å². The van der Waals surface area contributed by atoms with Crippen molar-refractivity contribution >= 4 is 5.69 Å². The van der Waals surface area contributed by atoms with E-state index in [1.807, 2.05) is 0 Å². The molecule has 0 atom stereocenters. The maximum absolute atomic E-state index is 3.30. The highest BCUT2D eigenvalue weighted by molar-refractivity contribution is 5.54. The number of para-hydroxylation sites is 1. The third kappa shape index (κ3) is 3.24. The van der Waals surface area contributed by atoms with E-state index in [0.29, 0.717) is 0 Å². The van der Waals surface area contributed by atoms with Gasteiger partial charge in [-0.15, -0.1) is 0 Å². The van der Waals surface area contributed by atoms with Crippen LogP contribution in [-0.4, -0.2) is 19.6 Å². The van der Waals surface area contributed by atoms with Gasteiger partial charge in [0.2, 0.25) is 0 Å². The lowest BCUT2D eigenvalue weighted by Gasteiger charge is -2.08. The second-order valence-corrected chi connectivity index (χ2v) is 4.14. The molecule has 2 heterocycles. The van der Waals surface area contributed by atoms with E-state index >= 15 is 0 Å². The van der Waals surface area contributed by atoms with Crippen LogP contribution in [-0.2, 0) is 6.42 Å². The summed E-state index contributed by atoms with van der Waals surface area (Å²) in [5.41, 5.74) is 2.77. The fourth-order valence-electron chi connectivity index (χ4n) is 2.04. The summed E-state index contributed by atoms with van der Waals surface area (Å²) < 4.78 is 0. The smallest absolute Gasteiger partial charge is 0.0373 e. The van der Waals surface area contributed by atoms with Crippen LogP contribution < -0.4 is 10.6 Å². The molecule has 2 nitrogen and oxygen atoms in total. The first-order valence-electron chi connectivity index (χ1n) is 5.99. The first-order chi connectivity index (χ1) is 7.47. The zero-order valence-electron chi connectivity index (χ0n) is 9.26. The first kappa shape index (κ1) is 10.5. The van der Waals surface area contributed by atoms with Crippen molar-refractivity contribution in [1.82, 2.24) is 5.32 Å². The van der Waals surface area contributed by atoms with E-state index in [1.54, 1.807) is 0 Å². The molecule has 2 N–H and O–H groups in total. The Bertz CT molecular complexity index is 258. The average molecular weight is 204 g/mol. The number of hydrogen-bond donors (Lipinski definition) is 2. The van der Waals surface area contributed by atoms with Crippen LogP contribution >= 0.6 is 0 Å². The van der Waals surface area contributed by atoms with Gasteiger partial charge in [-0.25, -0.2) is 0 Å². The lowest BCUT2D eigenvalue weighted by atomic mass is 10.2. The van der Waals surface area contributed by atoms with Crippen molar-refractivity contribution in [2.75, 3.05) is 25.0 Å². The molecule has 2 aliphatic heterocycles. The first-order valence-corrected chi connectivity index (χ1v) is 5.99. The quantitative estimate of drug-likeness (QED) is 0.678. The number of piperidine rings is 1. The Balaban J connectivity index is 0.000000124. The molecular weight excluding hydrogens is 184 g/mol. The molecule has 0 amide bonds. The van der Waals surface area contributed by atoms with Crippen molar-refractivity contribution in [2.24, 2.45) is 0 Å². The minimum atomic E-state index is 1.11. The lowest BCUT2D eigenvalue weighted by molar-refractivity contribution is 0.520. The minimum absolute atomic E-state index is 1.11. The average Bonchev–Trinajstić information content (AvgIpc) is 2.80. The van der Waals surface area contributed by atoms with Crippen LogP contribution in [0.2, 0.25) is 0 Å². The summed E-state index contributed by atoms with van der Waals surface area (Å²) in [5.74, 6) is 0. The van der Waals surface area contributed by atoms with Crippen LogP contribution in [0.15, 0.2) is 24.3 Å². The molecule has 0 radical (unpaired) electrons. The molecule has 0 bridgehead atoms. The highest BCUT2D eigenvalue weighted by atomic mass is 14.9. The van der Waals surface area contributed by atoms with E-state index in [1.165, 1.54) is 50.0 Å². The largest absolute Gasteiger partial charge is 0.384 e. The zero-order chi connectivity index (χ0) is 10.3. The minimum Gasteiger partial charge on any atom is -0.384 e. The van der Waals surface area contributed by atoms with Gasteiger partial charge in [0.1, 0.15) is 0 Å². The monoisotopic (exact) mass is 204 g/mol. The number of benzene rings is 1. The summed E-state index contributed by atoms with van der Waals surface area (Å²) in [7, 11) is 0. The van der Waals surface area contributed by atoms with Crippen LogP contribution in [0.3, 0.4) is 0 Å². The standard InChI is InChI=1S/C8H9N.C5H11N/c1-2-4-8-7(3-1)5-6-9-8;1-2-4-6-5-3-1/h1-4,9H,5-6H2;6H,1-5H2. The van der Waals surface area contributed by atoms with Gasteiger partial charge >= 0.3 is 0 Å². The molecule has 2 aliphatic rings. The highest BCUT2D eigenvalue weighted by Gasteiger charge is 2.05. The summed E-state index contributed by atoms with van der Waals surface area (Å²) in [6, 6.07) is 8.46. The molecule has 2 heteroatoms. The van der Waals surface area contributed by atoms with Crippen LogP contribution in [0.25, 0.3) is 0 Å². The van der Waals surface area contributed by atoms with Gasteiger partial charge in [-0.05, 0) is 44.0 Å². The molecule has 82 valence electrons. The molecule has 15 heavy (non-hydrogen) atoms. The van der Waals surface area contributed by atoms with E-state index < -0.39 is 0 Å². The molecule has 3 rings (SSSR count). The molecule has 0 aliphatic carbocycles. The van der Waals surface area contributed by atoms with Gasteiger partial charge in [0.25, 0.3) is 0 Å². The van der Waals surface area contributed by atoms with Crippen LogP contribution in [0.5, 0.6) is 0 Å². The molecule has 1 fully saturated rings. The Morgan fingerprint density at radius 2 is 1.67 bits per heavy atom. The number of nitrogens with one attached hydrogen (secondary N) is 2. The number of anilines is 1. The fraction of sp³-hybridized carbons (Fsp3) is 0.538. The van der Waals surface area contributed by atoms with Gasteiger partial charge in [-0.3, -0.25) is 0 Å². The predicted molar refractivity (Wildman–Crippen MR) is 65.4 cm³/mol. The normalized spacial score (nSPS) is 18.4. The second kappa shape index (κ2) is 5.76. The van der Waals surface area contributed by atoms with E-state index in [2.05, 4.69) is 34.9 Å². The summed E-state index contributed by atoms with van der Waals surface area (Å²) >= 11 is 0. The summed E-state index contributed by atoms with van der Waals surface area (Å²) in [5, 5.41) is 6.58. The summed E-state index contributed by atoms with van der Waals surface area (Å²) in [6.45, 7) is 3.61. The Morgan fingerprint density at radius 3 is 2.27 bits per heavy atom. The van der Waals surface area contributed by atoms with Crippen molar-refractivity contribution in [3.63, 3.8) is 0 Å². The third-order valence-corrected chi connectivity index (χ3v) is 2.93. The number of rotatable bonds is 0. The number of fused-ring (bicyclic) bond motifs is 1. The van der Waals surface area contributed by atoms with E-state index in [0.717, 1.165) is 6.54 Å². The van der Waals surface area contributed by atoms with Gasteiger partial charge in [0, 0.05) is 12.2 Å². The topological polar surface area (TPSA) is 24.1 Å². The van der Waals surface area contributed by atoms with E-state index in [-0.39, 0.29) is 0 Å². The lowest BCUT2D eigenvalue weighted by Crippen LogP contribution is -2.21. The molecule has 0 spiro atoms. The molecule has 0 aromatic heterocycles. The Kier molecular flexibility index (Phi) is 4.03. The van der Waals surface area contributed by atoms with E-state index in [4.69, 9.17) is 0 Å². The summed E-state index contributed by atoms with van der Waals surface area (Å²) in [4.78, 5) is 0. The van der Waals surface area contributed by atoms with Crippen molar-refractivity contribution in [3.05, 3.63) is 29.8 Å². The molecular formula is C13H20N2. The summed E-state index contributed by atoms with van der Waals surface area (Å²) in [6.07, 6.45) is 5.41. The van der Waals surface area contributed by atoms with Crippen LogP contribution in [0.4, 0.5) is 5.69 Å². The van der Waals surface area contributed by atoms with Crippen molar-refractivity contribution in [2.45, 2.75) is 25.7 Å². The molecule has 1 aromatic rings. The Labute approximate surface area is 92.1 Å². The van der Waals surface area contributed by atoms with Crippen molar-refractivity contribution < 1.29 is 0 Å². The van der Waals surface area contributed by atoms with Gasteiger partial charge in [0.05, 0.1) is 0 Å². The predicted octanol–water partition coefficient (Wildman–Crippen LogP) is 2.41. The van der Waals surface area contributed by atoms with Crippen LogP contribution in [0, 0.1) is 0 Å². The SMILES string of the molecule is C1CCNCC1.c1ccc2c(c1)CCN2. The molecule has 1 saturated heterocycles. The highest BCUT2D eigenvalue weighted by Crippen LogP contribution is 2.19. The van der Waals surface area contributed by atoms with Crippen molar-refractivity contribution in [1.29, 1.82) is 0 Å². The van der Waals surface area contributed by atoms with Gasteiger partial charge in [-0.2, -0.15) is 0 Å². The molecule has 0 unspecified atom stereocenters. The fourth-order valence-corrected chi connectivity index (χ4v) is 2.04. The molecule has 0 saturated carbocycles. The maximum Gasteiger partial charge on any atom is 0.0373 e. The number of hydrogen-bond acceptors (Lipinski definition) is 2. The molecule has 1 aromatic carbocycles. The van der Waals surface area contributed by atoms with Crippen LogP contribution in [0.1, 0.15) is 24.8 Å². The van der Waals surface area contributed by atoms with Gasteiger partial charge in [0.15, 0.2) is 0 Å². The third-order valence-electron chi connectivity index (χ3n) is 2.93. The van der Waals surface area contributed by atoms with Gasteiger partial charge < -0.3 is 10.6 Å². The van der Waals surface area contributed by atoms with E-state index in [9.17, 15) is 0 Å². The maximum atomic E-state index is 3.30. The Hall–Kier alpha value is -1.02. The Morgan fingerprint density at radius 1 is 0.867 bits per heavy atom. The zero-order valence-corrected chi connectivity index (χ0v) is 9.26. The van der Waals surface area contributed by atoms with Crippen molar-refractivity contribution in [3.8, 4) is 0 Å².